The Kier molecular flexibility index (Phi) is 7.35. The van der Waals surface area contributed by atoms with Crippen LogP contribution in [0.1, 0.15) is 49.5 Å². The van der Waals surface area contributed by atoms with Gasteiger partial charge in [-0.25, -0.2) is 4.98 Å². The molecule has 0 saturated heterocycles. The van der Waals surface area contributed by atoms with E-state index in [0.29, 0.717) is 23.6 Å². The Morgan fingerprint density at radius 3 is 2.73 bits per heavy atom. The van der Waals surface area contributed by atoms with Crippen molar-refractivity contribution in [3.63, 3.8) is 0 Å². The maximum atomic E-state index is 13.3. The number of hydrogen-bond acceptors (Lipinski definition) is 6. The van der Waals surface area contributed by atoms with Crippen molar-refractivity contribution in [2.75, 3.05) is 33.3 Å². The third-order valence-corrected chi connectivity index (χ3v) is 5.70. The van der Waals surface area contributed by atoms with Crippen LogP contribution in [0.25, 0.3) is 0 Å². The van der Waals surface area contributed by atoms with E-state index in [4.69, 9.17) is 4.74 Å². The first-order chi connectivity index (χ1) is 14.3. The van der Waals surface area contributed by atoms with E-state index in [1.165, 1.54) is 12.8 Å². The van der Waals surface area contributed by atoms with Gasteiger partial charge in [-0.05, 0) is 45.7 Å². The molecule has 1 aromatic heterocycles. The number of aromatic nitrogens is 1. The topological polar surface area (TPSA) is 86.1 Å². The van der Waals surface area contributed by atoms with Crippen LogP contribution in [0.5, 0.6) is 5.88 Å². The van der Waals surface area contributed by atoms with E-state index < -0.39 is 6.10 Å². The molecule has 1 aliphatic carbocycles. The Bertz CT molecular complexity index is 812. The Balaban J connectivity index is 1.92. The van der Waals surface area contributed by atoms with E-state index in [1.54, 1.807) is 24.1 Å². The zero-order valence-electron chi connectivity index (χ0n) is 18.3. The first-order valence-corrected chi connectivity index (χ1v) is 10.7. The molecule has 1 aromatic rings. The number of carbonyl (C=O) groups excluding carboxylic acids is 1. The van der Waals surface area contributed by atoms with Gasteiger partial charge in [0, 0.05) is 37.3 Å². The maximum Gasteiger partial charge on any atom is 0.259 e. The number of carbonyl (C=O) groups is 1. The second-order valence-corrected chi connectivity index (χ2v) is 8.81. The first-order valence-electron chi connectivity index (χ1n) is 10.7. The molecule has 2 aliphatic rings. The number of hydrogen-bond donors (Lipinski definition) is 2. The van der Waals surface area contributed by atoms with Crippen LogP contribution >= 0.6 is 0 Å². The van der Waals surface area contributed by atoms with E-state index in [-0.39, 0.29) is 30.6 Å². The van der Waals surface area contributed by atoms with Gasteiger partial charge in [0.15, 0.2) is 0 Å². The van der Waals surface area contributed by atoms with Crippen LogP contribution in [0.4, 0.5) is 0 Å². The molecule has 7 heteroatoms. The lowest BCUT2D eigenvalue weighted by atomic mass is 10.00. The molecule has 1 aliphatic heterocycles. The zero-order valence-corrected chi connectivity index (χ0v) is 18.3. The number of amides is 1. The van der Waals surface area contributed by atoms with E-state index in [9.17, 15) is 15.0 Å². The second kappa shape index (κ2) is 9.78. The fourth-order valence-corrected chi connectivity index (χ4v) is 3.70. The molecule has 0 radical (unpaired) electrons. The fraction of sp³-hybridized carbons (Fsp3) is 0.652. The average molecular weight is 416 g/mol. The van der Waals surface area contributed by atoms with Crippen molar-refractivity contribution in [3.05, 3.63) is 23.4 Å². The monoisotopic (exact) mass is 415 g/mol. The number of aliphatic hydroxyl groups is 2. The Morgan fingerprint density at radius 2 is 2.10 bits per heavy atom. The van der Waals surface area contributed by atoms with Crippen LogP contribution in [0, 0.1) is 23.7 Å². The van der Waals surface area contributed by atoms with E-state index in [0.717, 1.165) is 19.0 Å². The molecule has 4 atom stereocenters. The van der Waals surface area contributed by atoms with Crippen molar-refractivity contribution in [2.24, 2.45) is 11.8 Å². The number of pyridine rings is 1. The van der Waals surface area contributed by atoms with Crippen LogP contribution in [-0.4, -0.2) is 82.4 Å². The molecule has 2 N–H and O–H groups in total. The van der Waals surface area contributed by atoms with Crippen molar-refractivity contribution < 1.29 is 19.7 Å². The van der Waals surface area contributed by atoms with Crippen molar-refractivity contribution in [1.29, 1.82) is 0 Å². The highest BCUT2D eigenvalue weighted by atomic mass is 16.5. The average Bonchev–Trinajstić information content (AvgIpc) is 3.52. The molecule has 1 fully saturated rings. The van der Waals surface area contributed by atoms with Crippen molar-refractivity contribution in [3.8, 4) is 17.7 Å². The minimum atomic E-state index is -0.767. The summed E-state index contributed by atoms with van der Waals surface area (Å²) in [7, 11) is 2.11. The number of rotatable bonds is 6. The third-order valence-electron chi connectivity index (χ3n) is 5.70. The van der Waals surface area contributed by atoms with Crippen molar-refractivity contribution in [1.82, 2.24) is 14.8 Å². The summed E-state index contributed by atoms with van der Waals surface area (Å²) in [4.78, 5) is 21.7. The van der Waals surface area contributed by atoms with Crippen LogP contribution < -0.4 is 4.74 Å². The summed E-state index contributed by atoms with van der Waals surface area (Å²) in [6.07, 6.45) is 3.26. The normalized spacial score (nSPS) is 23.6. The summed E-state index contributed by atoms with van der Waals surface area (Å²) < 4.78 is 6.27. The summed E-state index contributed by atoms with van der Waals surface area (Å²) in [5.74, 6) is 6.46. The van der Waals surface area contributed by atoms with Gasteiger partial charge in [-0.15, -0.1) is 0 Å². The number of likely N-dealkylation sites (N-methyl/N-ethyl adjacent to an activating group) is 1. The largest absolute Gasteiger partial charge is 0.472 e. The highest BCUT2D eigenvalue weighted by Crippen LogP contribution is 2.31. The first kappa shape index (κ1) is 22.5. The van der Waals surface area contributed by atoms with Crippen molar-refractivity contribution >= 4 is 5.91 Å². The quantitative estimate of drug-likeness (QED) is 0.683. The van der Waals surface area contributed by atoms with E-state index in [2.05, 4.69) is 35.7 Å². The van der Waals surface area contributed by atoms with Gasteiger partial charge in [0.1, 0.15) is 17.8 Å². The highest BCUT2D eigenvalue weighted by molar-refractivity contribution is 5.97. The number of aliphatic hydroxyl groups excluding tert-OH is 2. The van der Waals surface area contributed by atoms with Crippen LogP contribution in [0.3, 0.4) is 0 Å². The number of fused-ring (bicyclic) bond motifs is 1. The predicted octanol–water partition coefficient (Wildman–Crippen LogP) is 1.38. The smallest absolute Gasteiger partial charge is 0.259 e. The molecule has 2 heterocycles. The molecule has 3 rings (SSSR count). The molecule has 0 spiro atoms. The number of ether oxygens (including phenoxy) is 1. The van der Waals surface area contributed by atoms with Gasteiger partial charge in [-0.1, -0.05) is 18.8 Å². The molecular weight excluding hydrogens is 382 g/mol. The van der Waals surface area contributed by atoms with Gasteiger partial charge in [-0.2, -0.15) is 0 Å². The Hall–Kier alpha value is -2.14. The molecule has 0 unspecified atom stereocenters. The zero-order chi connectivity index (χ0) is 21.8. The summed E-state index contributed by atoms with van der Waals surface area (Å²) in [6, 6.07) is 1.35. The Labute approximate surface area is 179 Å². The molecule has 1 amide bonds. The van der Waals surface area contributed by atoms with E-state index in [1.807, 2.05) is 6.92 Å². The molecular formula is C23H33N3O4. The molecule has 164 valence electrons. The van der Waals surface area contributed by atoms with Gasteiger partial charge in [0.05, 0.1) is 12.6 Å². The van der Waals surface area contributed by atoms with Gasteiger partial charge >= 0.3 is 0 Å². The molecule has 30 heavy (non-hydrogen) atoms. The van der Waals surface area contributed by atoms with E-state index >= 15 is 0 Å². The van der Waals surface area contributed by atoms with Gasteiger partial charge in [0.2, 0.25) is 5.88 Å². The highest BCUT2D eigenvalue weighted by Gasteiger charge is 2.34. The van der Waals surface area contributed by atoms with Crippen LogP contribution in [-0.2, 0) is 0 Å². The third kappa shape index (κ3) is 5.72. The van der Waals surface area contributed by atoms with Crippen LogP contribution in [0.2, 0.25) is 0 Å². The second-order valence-electron chi connectivity index (χ2n) is 8.81. The minimum absolute atomic E-state index is 0.0780. The molecule has 0 aromatic carbocycles. The predicted molar refractivity (Wildman–Crippen MR) is 114 cm³/mol. The lowest BCUT2D eigenvalue weighted by Crippen LogP contribution is -2.50. The minimum Gasteiger partial charge on any atom is -0.472 e. The molecule has 0 bridgehead atoms. The lowest BCUT2D eigenvalue weighted by Gasteiger charge is -2.37. The molecule has 7 nitrogen and oxygen atoms in total. The maximum absolute atomic E-state index is 13.3. The molecule has 1 saturated carbocycles. The summed E-state index contributed by atoms with van der Waals surface area (Å²) in [6.45, 7) is 7.67. The SMILES string of the molecule is C[C@@H](O)C#Cc1cnc2c(c1)C(=O)N([C@@H](C)CO)C[C@H](C)[C@H](CN(C)CC1CC1)O2. The lowest BCUT2D eigenvalue weighted by molar-refractivity contribution is 0.0327. The standard InChI is InChI=1S/C23H33N3O4/c1-15-11-26(16(2)14-27)23(29)20-9-19(6-5-17(3)28)10-24-22(20)30-21(15)13-25(4)12-18-7-8-18/h9-10,15-18,21,27-28H,7-8,11-14H2,1-4H3/t15-,16-,17+,21-/m0/s1. The summed E-state index contributed by atoms with van der Waals surface area (Å²) in [5, 5.41) is 19.1. The number of nitrogens with zero attached hydrogens (tertiary/aromatic N) is 3. The van der Waals surface area contributed by atoms with Crippen LogP contribution in [0.15, 0.2) is 12.3 Å². The summed E-state index contributed by atoms with van der Waals surface area (Å²) >= 11 is 0. The Morgan fingerprint density at radius 1 is 1.37 bits per heavy atom. The van der Waals surface area contributed by atoms with Gasteiger partial charge in [0.25, 0.3) is 5.91 Å². The van der Waals surface area contributed by atoms with Crippen molar-refractivity contribution in [2.45, 2.75) is 51.9 Å². The van der Waals surface area contributed by atoms with Gasteiger partial charge in [-0.3, -0.25) is 4.79 Å². The summed E-state index contributed by atoms with van der Waals surface area (Å²) in [5.41, 5.74) is 0.883. The van der Waals surface area contributed by atoms with Gasteiger partial charge < -0.3 is 24.7 Å². The fourth-order valence-electron chi connectivity index (χ4n) is 3.70.